The smallest absolute Gasteiger partial charge is 0.285 e. The van der Waals surface area contributed by atoms with Gasteiger partial charge in [0.05, 0.1) is 19.9 Å². The van der Waals surface area contributed by atoms with Crippen LogP contribution in [-0.2, 0) is 11.4 Å². The van der Waals surface area contributed by atoms with E-state index in [1.165, 1.54) is 6.21 Å². The second kappa shape index (κ2) is 10.2. The number of nitrogens with one attached hydrogen (secondary N) is 2. The quantitative estimate of drug-likeness (QED) is 0.300. The maximum atomic E-state index is 12.1. The topological polar surface area (TPSA) is 85.1 Å². The van der Waals surface area contributed by atoms with Gasteiger partial charge in [0.2, 0.25) is 0 Å². The lowest BCUT2D eigenvalue weighted by Crippen LogP contribution is -2.25. The van der Waals surface area contributed by atoms with E-state index in [1.807, 2.05) is 66.7 Å². The van der Waals surface area contributed by atoms with E-state index in [0.29, 0.717) is 18.3 Å². The van der Waals surface area contributed by atoms with Crippen LogP contribution in [0, 0.1) is 0 Å². The highest BCUT2D eigenvalue weighted by Gasteiger charge is 2.05. The summed E-state index contributed by atoms with van der Waals surface area (Å²) in [6.07, 6.45) is 1.43. The third kappa shape index (κ3) is 5.46. The SMILES string of the molecule is COc1ccc(COc2ccc(/C=N/NC(=O)CNc3cccc4ccccc34)o2)cc1. The van der Waals surface area contributed by atoms with Crippen molar-refractivity contribution in [1.82, 2.24) is 5.43 Å². The minimum absolute atomic E-state index is 0.0969. The molecule has 162 valence electrons. The first-order chi connectivity index (χ1) is 15.7. The van der Waals surface area contributed by atoms with Crippen LogP contribution in [0.25, 0.3) is 10.8 Å². The molecule has 3 aromatic carbocycles. The first kappa shape index (κ1) is 21.0. The molecule has 2 N–H and O–H groups in total. The van der Waals surface area contributed by atoms with Crippen molar-refractivity contribution in [3.8, 4) is 11.7 Å². The van der Waals surface area contributed by atoms with Gasteiger partial charge in [0, 0.05) is 17.1 Å². The minimum atomic E-state index is -0.267. The molecule has 4 rings (SSSR count). The number of anilines is 1. The van der Waals surface area contributed by atoms with Crippen LogP contribution in [0.5, 0.6) is 11.7 Å². The summed E-state index contributed by atoms with van der Waals surface area (Å²) in [6.45, 7) is 0.463. The Bertz CT molecular complexity index is 1210. The summed E-state index contributed by atoms with van der Waals surface area (Å²) in [5.74, 6) is 1.36. The van der Waals surface area contributed by atoms with Crippen molar-refractivity contribution in [3.63, 3.8) is 0 Å². The minimum Gasteiger partial charge on any atom is -0.497 e. The molecule has 0 spiro atoms. The number of hydrazone groups is 1. The van der Waals surface area contributed by atoms with Crippen molar-refractivity contribution in [3.05, 3.63) is 90.2 Å². The maximum Gasteiger partial charge on any atom is 0.285 e. The van der Waals surface area contributed by atoms with Crippen LogP contribution >= 0.6 is 0 Å². The van der Waals surface area contributed by atoms with Gasteiger partial charge in [0.25, 0.3) is 11.9 Å². The Hall–Kier alpha value is -4.26. The van der Waals surface area contributed by atoms with E-state index in [-0.39, 0.29) is 12.5 Å². The van der Waals surface area contributed by atoms with Gasteiger partial charge in [0.15, 0.2) is 5.76 Å². The molecule has 0 aliphatic carbocycles. The molecule has 0 atom stereocenters. The molecule has 0 radical (unpaired) electrons. The Morgan fingerprint density at radius 1 is 1.00 bits per heavy atom. The third-order valence-corrected chi connectivity index (χ3v) is 4.75. The molecule has 1 amide bonds. The number of fused-ring (bicyclic) bond motifs is 1. The fourth-order valence-electron chi connectivity index (χ4n) is 3.12. The standard InChI is InChI=1S/C25H23N3O4/c1-30-20-11-9-18(10-12-20)17-31-25-14-13-21(32-25)15-27-28-24(29)16-26-23-8-4-6-19-5-2-3-7-22(19)23/h2-15,26H,16-17H2,1H3,(H,28,29)/b27-15+. The molecule has 0 unspecified atom stereocenters. The van der Waals surface area contributed by atoms with Gasteiger partial charge in [0.1, 0.15) is 12.4 Å². The first-order valence-electron chi connectivity index (χ1n) is 10.1. The lowest BCUT2D eigenvalue weighted by molar-refractivity contribution is -0.119. The predicted molar refractivity (Wildman–Crippen MR) is 124 cm³/mol. The highest BCUT2D eigenvalue weighted by atomic mass is 16.6. The van der Waals surface area contributed by atoms with Crippen molar-refractivity contribution in [1.29, 1.82) is 0 Å². The number of benzene rings is 3. The van der Waals surface area contributed by atoms with Crippen molar-refractivity contribution in [2.45, 2.75) is 6.61 Å². The fraction of sp³-hybridized carbons (Fsp3) is 0.120. The van der Waals surface area contributed by atoms with Crippen LogP contribution < -0.4 is 20.2 Å². The molecule has 1 aromatic heterocycles. The van der Waals surface area contributed by atoms with Crippen molar-refractivity contribution in [2.75, 3.05) is 19.0 Å². The molecular formula is C25H23N3O4. The summed E-state index contributed by atoms with van der Waals surface area (Å²) in [5, 5.41) is 9.25. The summed E-state index contributed by atoms with van der Waals surface area (Å²) in [5.41, 5.74) is 4.37. The average Bonchev–Trinajstić information content (AvgIpc) is 3.29. The number of nitrogens with zero attached hydrogens (tertiary/aromatic N) is 1. The highest BCUT2D eigenvalue weighted by molar-refractivity contribution is 5.95. The van der Waals surface area contributed by atoms with Gasteiger partial charge in [-0.3, -0.25) is 4.79 Å². The number of amides is 1. The van der Waals surface area contributed by atoms with E-state index in [9.17, 15) is 4.79 Å². The van der Waals surface area contributed by atoms with Crippen LogP contribution in [-0.4, -0.2) is 25.8 Å². The van der Waals surface area contributed by atoms with Crippen LogP contribution in [0.4, 0.5) is 5.69 Å². The van der Waals surface area contributed by atoms with Gasteiger partial charge >= 0.3 is 0 Å². The summed E-state index contributed by atoms with van der Waals surface area (Å²) >= 11 is 0. The molecule has 1 heterocycles. The normalized spacial score (nSPS) is 10.9. The average molecular weight is 429 g/mol. The number of hydrogen-bond donors (Lipinski definition) is 2. The third-order valence-electron chi connectivity index (χ3n) is 4.75. The zero-order valence-electron chi connectivity index (χ0n) is 17.6. The molecule has 0 bridgehead atoms. The lowest BCUT2D eigenvalue weighted by atomic mass is 10.1. The van der Waals surface area contributed by atoms with Crippen molar-refractivity contribution >= 4 is 28.6 Å². The Kier molecular flexibility index (Phi) is 6.67. The van der Waals surface area contributed by atoms with E-state index < -0.39 is 0 Å². The Morgan fingerprint density at radius 2 is 1.81 bits per heavy atom. The molecule has 0 fully saturated rings. The van der Waals surface area contributed by atoms with Gasteiger partial charge in [-0.1, -0.05) is 48.5 Å². The monoisotopic (exact) mass is 429 g/mol. The van der Waals surface area contributed by atoms with E-state index in [2.05, 4.69) is 15.8 Å². The molecule has 32 heavy (non-hydrogen) atoms. The van der Waals surface area contributed by atoms with Crippen LogP contribution in [0.15, 0.2) is 88.4 Å². The zero-order valence-corrected chi connectivity index (χ0v) is 17.6. The molecular weight excluding hydrogens is 406 g/mol. The van der Waals surface area contributed by atoms with Crippen molar-refractivity contribution < 1.29 is 18.7 Å². The second-order valence-corrected chi connectivity index (χ2v) is 6.97. The summed E-state index contributed by atoms with van der Waals surface area (Å²) in [4.78, 5) is 12.1. The molecule has 0 aliphatic rings. The molecule has 0 saturated heterocycles. The number of carbonyl (C=O) groups excluding carboxylic acids is 1. The van der Waals surface area contributed by atoms with E-state index in [4.69, 9.17) is 13.9 Å². The number of hydrogen-bond acceptors (Lipinski definition) is 6. The van der Waals surface area contributed by atoms with Gasteiger partial charge in [-0.05, 0) is 35.2 Å². The fourth-order valence-corrected chi connectivity index (χ4v) is 3.12. The van der Waals surface area contributed by atoms with Gasteiger partial charge in [-0.25, -0.2) is 5.43 Å². The molecule has 7 heteroatoms. The van der Waals surface area contributed by atoms with Crippen molar-refractivity contribution in [2.24, 2.45) is 5.10 Å². The first-order valence-corrected chi connectivity index (χ1v) is 10.1. The predicted octanol–water partition coefficient (Wildman–Crippen LogP) is 4.58. The molecule has 0 aliphatic heterocycles. The Labute approximate surface area is 185 Å². The van der Waals surface area contributed by atoms with E-state index in [0.717, 1.165) is 27.8 Å². The van der Waals surface area contributed by atoms with Gasteiger partial charge < -0.3 is 19.2 Å². The van der Waals surface area contributed by atoms with E-state index >= 15 is 0 Å². The van der Waals surface area contributed by atoms with E-state index in [1.54, 1.807) is 19.2 Å². The molecule has 0 saturated carbocycles. The second-order valence-electron chi connectivity index (χ2n) is 6.97. The Balaban J connectivity index is 1.24. The summed E-state index contributed by atoms with van der Waals surface area (Å²) < 4.78 is 16.3. The molecule has 4 aromatic rings. The summed E-state index contributed by atoms with van der Waals surface area (Å²) in [7, 11) is 1.63. The maximum absolute atomic E-state index is 12.1. The number of methoxy groups -OCH3 is 1. The highest BCUT2D eigenvalue weighted by Crippen LogP contribution is 2.22. The number of furan rings is 1. The largest absolute Gasteiger partial charge is 0.497 e. The summed E-state index contributed by atoms with van der Waals surface area (Å²) in [6, 6.07) is 24.9. The Morgan fingerprint density at radius 3 is 2.66 bits per heavy atom. The van der Waals surface area contributed by atoms with Gasteiger partial charge in [-0.15, -0.1) is 0 Å². The zero-order chi connectivity index (χ0) is 22.2. The number of carbonyl (C=O) groups is 1. The number of rotatable bonds is 9. The lowest BCUT2D eigenvalue weighted by Gasteiger charge is -2.08. The van der Waals surface area contributed by atoms with Crippen LogP contribution in [0.3, 0.4) is 0 Å². The molecule has 7 nitrogen and oxygen atoms in total. The van der Waals surface area contributed by atoms with Crippen LogP contribution in [0.1, 0.15) is 11.3 Å². The number of ether oxygens (including phenoxy) is 2. The van der Waals surface area contributed by atoms with Gasteiger partial charge in [-0.2, -0.15) is 5.10 Å². The van der Waals surface area contributed by atoms with Crippen LogP contribution in [0.2, 0.25) is 0 Å².